The molecular weight excluding hydrogens is 179 g/mol. The first-order valence-electron chi connectivity index (χ1n) is 4.25. The lowest BCUT2D eigenvalue weighted by molar-refractivity contribution is 0.590. The minimum atomic E-state index is -2.33. The third kappa shape index (κ3) is 1.30. The van der Waals surface area contributed by atoms with Gasteiger partial charge in [-0.1, -0.05) is 42.5 Å². The number of rotatable bonds is 1. The van der Waals surface area contributed by atoms with Crippen LogP contribution in [0, 0.1) is 0 Å². The first kappa shape index (κ1) is 8.52. The lowest BCUT2D eigenvalue weighted by atomic mass is 10.4. The molecule has 13 heavy (non-hydrogen) atoms. The van der Waals surface area contributed by atoms with E-state index in [9.17, 15) is 4.57 Å². The van der Waals surface area contributed by atoms with Gasteiger partial charge in [-0.05, 0) is 18.1 Å². The zero-order chi connectivity index (χ0) is 9.31. The molecule has 0 unspecified atom stereocenters. The summed E-state index contributed by atoms with van der Waals surface area (Å²) in [6.07, 6.45) is 3.80. The van der Waals surface area contributed by atoms with Gasteiger partial charge in [0.15, 0.2) is 7.14 Å². The van der Waals surface area contributed by atoms with Gasteiger partial charge in [0.05, 0.1) is 0 Å². The van der Waals surface area contributed by atoms with Crippen LogP contribution in [0.4, 0.5) is 0 Å². The fraction of sp³-hybridized carbons (Fsp3) is 0.0909. The van der Waals surface area contributed by atoms with Crippen molar-refractivity contribution in [1.29, 1.82) is 0 Å². The maximum atomic E-state index is 12.4. The van der Waals surface area contributed by atoms with Crippen molar-refractivity contribution in [2.24, 2.45) is 0 Å². The lowest BCUT2D eigenvalue weighted by Crippen LogP contribution is -2.00. The average molecular weight is 190 g/mol. The van der Waals surface area contributed by atoms with E-state index in [1.165, 1.54) is 0 Å². The van der Waals surface area contributed by atoms with Gasteiger partial charge in [-0.25, -0.2) is 0 Å². The van der Waals surface area contributed by atoms with E-state index in [1.54, 1.807) is 0 Å². The average Bonchev–Trinajstić information content (AvgIpc) is 2.50. The van der Waals surface area contributed by atoms with E-state index in [2.05, 4.69) is 0 Å². The number of hydrogen-bond acceptors (Lipinski definition) is 1. The molecule has 0 aromatic heterocycles. The predicted octanol–water partition coefficient (Wildman–Crippen LogP) is 3.11. The third-order valence-corrected chi connectivity index (χ3v) is 5.15. The van der Waals surface area contributed by atoms with Crippen LogP contribution in [0.15, 0.2) is 53.6 Å². The summed E-state index contributed by atoms with van der Waals surface area (Å²) in [5.41, 5.74) is 0. The van der Waals surface area contributed by atoms with Gasteiger partial charge in [0, 0.05) is 5.30 Å². The Hall–Kier alpha value is -1.07. The summed E-state index contributed by atoms with van der Waals surface area (Å²) in [4.78, 5) is 0. The fourth-order valence-corrected chi connectivity index (χ4v) is 3.54. The first-order valence-corrected chi connectivity index (χ1v) is 6.03. The van der Waals surface area contributed by atoms with Gasteiger partial charge in [0.2, 0.25) is 0 Å². The lowest BCUT2D eigenvalue weighted by Gasteiger charge is -2.11. The van der Waals surface area contributed by atoms with E-state index in [4.69, 9.17) is 0 Å². The van der Waals surface area contributed by atoms with Crippen molar-refractivity contribution in [1.82, 2.24) is 0 Å². The van der Waals surface area contributed by atoms with Gasteiger partial charge in [-0.2, -0.15) is 0 Å². The molecule has 0 bridgehead atoms. The van der Waals surface area contributed by atoms with E-state index < -0.39 is 7.14 Å². The molecule has 0 fully saturated rings. The largest absolute Gasteiger partial charge is 0.310 e. The monoisotopic (exact) mass is 190 g/mol. The summed E-state index contributed by atoms with van der Waals surface area (Å²) in [6.45, 7) is 1.92. The summed E-state index contributed by atoms with van der Waals surface area (Å²) >= 11 is 0. The summed E-state index contributed by atoms with van der Waals surface area (Å²) in [5, 5.41) is 1.90. The van der Waals surface area contributed by atoms with Gasteiger partial charge >= 0.3 is 0 Å². The molecule has 1 atom stereocenters. The minimum Gasteiger partial charge on any atom is -0.310 e. The Labute approximate surface area is 78.2 Å². The molecular formula is C11H11OP. The Morgan fingerprint density at radius 1 is 1.15 bits per heavy atom. The maximum absolute atomic E-state index is 12.4. The molecule has 66 valence electrons. The van der Waals surface area contributed by atoms with Crippen molar-refractivity contribution in [3.63, 3.8) is 0 Å². The second kappa shape index (κ2) is 3.01. The Morgan fingerprint density at radius 3 is 2.38 bits per heavy atom. The van der Waals surface area contributed by atoms with E-state index in [-0.39, 0.29) is 0 Å². The summed E-state index contributed by atoms with van der Waals surface area (Å²) in [6, 6.07) is 9.64. The normalized spacial score (nSPS) is 26.1. The molecule has 1 aliphatic rings. The van der Waals surface area contributed by atoms with Crippen LogP contribution in [0.1, 0.15) is 6.92 Å². The van der Waals surface area contributed by atoms with Crippen molar-refractivity contribution in [2.75, 3.05) is 0 Å². The second-order valence-electron chi connectivity index (χ2n) is 3.14. The number of benzene rings is 1. The number of hydrogen-bond donors (Lipinski definition) is 0. The highest BCUT2D eigenvalue weighted by Gasteiger charge is 2.25. The highest BCUT2D eigenvalue weighted by atomic mass is 31.2. The SMILES string of the molecule is CC1=CC=C[P@@]1(=O)c1ccccc1. The van der Waals surface area contributed by atoms with Gasteiger partial charge < -0.3 is 4.57 Å². The van der Waals surface area contributed by atoms with Crippen molar-refractivity contribution < 1.29 is 4.57 Å². The molecule has 2 heteroatoms. The van der Waals surface area contributed by atoms with Crippen LogP contribution in [0.2, 0.25) is 0 Å². The predicted molar refractivity (Wildman–Crippen MR) is 56.6 cm³/mol. The molecule has 0 aliphatic carbocycles. The zero-order valence-corrected chi connectivity index (χ0v) is 8.37. The molecule has 2 rings (SSSR count). The molecule has 1 aromatic carbocycles. The van der Waals surface area contributed by atoms with Gasteiger partial charge in [-0.3, -0.25) is 0 Å². The van der Waals surface area contributed by atoms with E-state index in [0.29, 0.717) is 0 Å². The van der Waals surface area contributed by atoms with Crippen molar-refractivity contribution in [3.8, 4) is 0 Å². The molecule has 0 saturated heterocycles. The fourth-order valence-electron chi connectivity index (χ4n) is 1.47. The van der Waals surface area contributed by atoms with E-state index in [1.807, 2.05) is 55.2 Å². The summed E-state index contributed by atoms with van der Waals surface area (Å²) < 4.78 is 12.4. The molecule has 0 saturated carbocycles. The molecule has 0 radical (unpaired) electrons. The standard InChI is InChI=1S/C11H11OP/c1-10-6-5-9-13(10,12)11-7-3-2-4-8-11/h2-9H,1H3/t13-/m0/s1. The molecule has 1 aliphatic heterocycles. The highest BCUT2D eigenvalue weighted by Crippen LogP contribution is 2.56. The van der Waals surface area contributed by atoms with Gasteiger partial charge in [-0.15, -0.1) is 0 Å². The second-order valence-corrected chi connectivity index (χ2v) is 5.98. The quantitative estimate of drug-likeness (QED) is 0.622. The molecule has 0 N–H and O–H groups in total. The Morgan fingerprint density at radius 2 is 1.85 bits per heavy atom. The van der Waals surface area contributed by atoms with Crippen molar-refractivity contribution >= 4 is 12.4 Å². The van der Waals surface area contributed by atoms with Crippen LogP contribution >= 0.6 is 7.14 Å². The molecule has 0 spiro atoms. The smallest absolute Gasteiger partial charge is 0.160 e. The van der Waals surface area contributed by atoms with Crippen LogP contribution in [0.3, 0.4) is 0 Å². The molecule has 1 aromatic rings. The summed E-state index contributed by atoms with van der Waals surface area (Å²) in [5.74, 6) is 1.82. The van der Waals surface area contributed by atoms with Crippen LogP contribution in [0.25, 0.3) is 0 Å². The molecule has 1 nitrogen and oxygen atoms in total. The van der Waals surface area contributed by atoms with E-state index in [0.717, 1.165) is 10.6 Å². The van der Waals surface area contributed by atoms with Gasteiger partial charge in [0.25, 0.3) is 0 Å². The molecule has 1 heterocycles. The summed E-state index contributed by atoms with van der Waals surface area (Å²) in [7, 11) is -2.33. The Bertz CT molecular complexity index is 415. The zero-order valence-electron chi connectivity index (χ0n) is 7.47. The minimum absolute atomic E-state index is 0.928. The third-order valence-electron chi connectivity index (χ3n) is 2.30. The Kier molecular flexibility index (Phi) is 1.97. The maximum Gasteiger partial charge on any atom is 0.160 e. The van der Waals surface area contributed by atoms with Gasteiger partial charge in [0.1, 0.15) is 0 Å². The molecule has 0 amide bonds. The van der Waals surface area contributed by atoms with Crippen LogP contribution in [-0.2, 0) is 4.57 Å². The topological polar surface area (TPSA) is 17.1 Å². The van der Waals surface area contributed by atoms with E-state index >= 15 is 0 Å². The first-order chi connectivity index (χ1) is 6.23. The van der Waals surface area contributed by atoms with Crippen LogP contribution < -0.4 is 5.30 Å². The Balaban J connectivity index is 2.54. The number of allylic oxidation sites excluding steroid dienone is 3. The van der Waals surface area contributed by atoms with Crippen LogP contribution in [0.5, 0.6) is 0 Å². The highest BCUT2D eigenvalue weighted by molar-refractivity contribution is 7.78. The van der Waals surface area contributed by atoms with Crippen molar-refractivity contribution in [3.05, 3.63) is 53.6 Å². The van der Waals surface area contributed by atoms with Crippen LogP contribution in [-0.4, -0.2) is 0 Å². The van der Waals surface area contributed by atoms with Crippen molar-refractivity contribution in [2.45, 2.75) is 6.92 Å².